The Kier molecular flexibility index (Phi) is 6.04. The van der Waals surface area contributed by atoms with Gasteiger partial charge >= 0.3 is 18.2 Å². The van der Waals surface area contributed by atoms with Crippen molar-refractivity contribution in [2.24, 2.45) is 5.41 Å². The predicted octanol–water partition coefficient (Wildman–Crippen LogP) is 5.36. The fourth-order valence-corrected chi connectivity index (χ4v) is 4.74. The van der Waals surface area contributed by atoms with E-state index in [9.17, 15) is 22.8 Å². The van der Waals surface area contributed by atoms with Gasteiger partial charge in [0, 0.05) is 24.5 Å². The van der Waals surface area contributed by atoms with Crippen LogP contribution in [0.3, 0.4) is 0 Å². The summed E-state index contributed by atoms with van der Waals surface area (Å²) < 4.78 is 55.9. The molecule has 38 heavy (non-hydrogen) atoms. The van der Waals surface area contributed by atoms with Gasteiger partial charge in [0.05, 0.1) is 17.6 Å². The molecule has 3 heterocycles. The number of alkyl halides is 3. The van der Waals surface area contributed by atoms with Crippen LogP contribution in [0.1, 0.15) is 31.9 Å². The summed E-state index contributed by atoms with van der Waals surface area (Å²) in [5.41, 5.74) is -2.12. The van der Waals surface area contributed by atoms with E-state index in [1.54, 1.807) is 51.1 Å². The Bertz CT molecular complexity index is 1360. The molecule has 5 rings (SSSR count). The molecule has 0 bridgehead atoms. The number of carbonyl (C=O) groups is 2. The summed E-state index contributed by atoms with van der Waals surface area (Å²) in [5.74, 6) is -0.725. The van der Waals surface area contributed by atoms with E-state index in [1.165, 1.54) is 41.6 Å². The van der Waals surface area contributed by atoms with Gasteiger partial charge in [-0.15, -0.1) is 0 Å². The SMILES string of the molecule is CC(C)(C)C(=O)Oc1ccc2c(c1)C1(CN(Cc3ccccc3)C(=O)O1)C(C(F)(F)F)N2c1ncccn1. The first-order valence-electron chi connectivity index (χ1n) is 11.9. The number of aromatic nitrogens is 2. The lowest BCUT2D eigenvalue weighted by Gasteiger charge is -2.34. The van der Waals surface area contributed by atoms with Crippen molar-refractivity contribution in [3.05, 3.63) is 78.1 Å². The van der Waals surface area contributed by atoms with E-state index in [2.05, 4.69) is 9.97 Å². The summed E-state index contributed by atoms with van der Waals surface area (Å²) in [6.07, 6.45) is -3.07. The van der Waals surface area contributed by atoms with Crippen LogP contribution < -0.4 is 9.64 Å². The average molecular weight is 527 g/mol. The molecule has 11 heteroatoms. The van der Waals surface area contributed by atoms with Gasteiger partial charge in [-0.3, -0.25) is 14.6 Å². The average Bonchev–Trinajstić information content (AvgIpc) is 3.33. The molecule has 0 N–H and O–H groups in total. The molecule has 0 saturated carbocycles. The highest BCUT2D eigenvalue weighted by molar-refractivity contribution is 5.81. The highest BCUT2D eigenvalue weighted by atomic mass is 19.4. The van der Waals surface area contributed by atoms with Gasteiger partial charge in [0.2, 0.25) is 5.95 Å². The van der Waals surface area contributed by atoms with Crippen molar-refractivity contribution in [1.82, 2.24) is 14.9 Å². The third kappa shape index (κ3) is 4.42. The molecule has 2 aliphatic rings. The second-order valence-electron chi connectivity index (χ2n) is 10.3. The molecule has 1 amide bonds. The minimum Gasteiger partial charge on any atom is -0.433 e. The summed E-state index contributed by atoms with van der Waals surface area (Å²) in [4.78, 5) is 35.9. The molecule has 8 nitrogen and oxygen atoms in total. The van der Waals surface area contributed by atoms with Crippen LogP contribution in [-0.2, 0) is 21.7 Å². The van der Waals surface area contributed by atoms with Crippen LogP contribution in [0.15, 0.2) is 67.0 Å². The number of nitrogens with zero attached hydrogens (tertiary/aromatic N) is 4. The Hall–Kier alpha value is -4.15. The minimum absolute atomic E-state index is 0.0392. The van der Waals surface area contributed by atoms with Crippen molar-refractivity contribution in [2.75, 3.05) is 11.4 Å². The fraction of sp³-hybridized carbons (Fsp3) is 0.333. The van der Waals surface area contributed by atoms with Crippen molar-refractivity contribution < 1.29 is 32.2 Å². The zero-order chi connectivity index (χ0) is 27.3. The van der Waals surface area contributed by atoms with Crippen molar-refractivity contribution in [1.29, 1.82) is 0 Å². The smallest absolute Gasteiger partial charge is 0.413 e. The van der Waals surface area contributed by atoms with Crippen LogP contribution >= 0.6 is 0 Å². The third-order valence-electron chi connectivity index (χ3n) is 6.45. The van der Waals surface area contributed by atoms with E-state index in [0.29, 0.717) is 0 Å². The van der Waals surface area contributed by atoms with Gasteiger partial charge in [-0.25, -0.2) is 14.8 Å². The number of hydrogen-bond acceptors (Lipinski definition) is 7. The fourth-order valence-electron chi connectivity index (χ4n) is 4.74. The lowest BCUT2D eigenvalue weighted by atomic mass is 9.88. The molecule has 3 aromatic rings. The quantitative estimate of drug-likeness (QED) is 0.334. The van der Waals surface area contributed by atoms with Gasteiger partial charge in [-0.2, -0.15) is 13.2 Å². The van der Waals surface area contributed by atoms with Crippen LogP contribution in [0.5, 0.6) is 5.75 Å². The van der Waals surface area contributed by atoms with Crippen LogP contribution in [-0.4, -0.2) is 45.7 Å². The maximum absolute atomic E-state index is 14.9. The molecule has 1 saturated heterocycles. The lowest BCUT2D eigenvalue weighted by molar-refractivity contribution is -0.183. The monoisotopic (exact) mass is 526 g/mol. The summed E-state index contributed by atoms with van der Waals surface area (Å²) >= 11 is 0. The Balaban J connectivity index is 1.65. The molecule has 1 fully saturated rings. The molecule has 2 unspecified atom stereocenters. The molecule has 1 spiro atoms. The lowest BCUT2D eigenvalue weighted by Crippen LogP contribution is -2.54. The number of ether oxygens (including phenoxy) is 2. The predicted molar refractivity (Wildman–Crippen MR) is 131 cm³/mol. The van der Waals surface area contributed by atoms with Crippen molar-refractivity contribution in [2.45, 2.75) is 45.1 Å². The number of benzene rings is 2. The van der Waals surface area contributed by atoms with Gasteiger partial charge in [0.25, 0.3) is 0 Å². The zero-order valence-corrected chi connectivity index (χ0v) is 20.9. The number of halogens is 3. The number of amides is 1. The summed E-state index contributed by atoms with van der Waals surface area (Å²) in [7, 11) is 0. The van der Waals surface area contributed by atoms with Crippen LogP contribution in [0, 0.1) is 5.41 Å². The van der Waals surface area contributed by atoms with Gasteiger partial charge in [-0.05, 0) is 50.6 Å². The second-order valence-corrected chi connectivity index (χ2v) is 10.3. The van der Waals surface area contributed by atoms with E-state index in [4.69, 9.17) is 9.47 Å². The first-order valence-corrected chi connectivity index (χ1v) is 11.9. The first kappa shape index (κ1) is 25.5. The molecular weight excluding hydrogens is 501 g/mol. The number of carbonyl (C=O) groups excluding carboxylic acids is 2. The van der Waals surface area contributed by atoms with Gasteiger partial charge in [-0.1, -0.05) is 30.3 Å². The molecule has 0 aliphatic carbocycles. The first-order chi connectivity index (χ1) is 17.9. The molecular formula is C27H25F3N4O4. The van der Waals surface area contributed by atoms with Crippen LogP contribution in [0.25, 0.3) is 0 Å². The van der Waals surface area contributed by atoms with Crippen molar-refractivity contribution >= 4 is 23.7 Å². The van der Waals surface area contributed by atoms with E-state index in [0.717, 1.165) is 10.5 Å². The number of rotatable bonds is 4. The zero-order valence-electron chi connectivity index (χ0n) is 20.9. The Labute approximate surface area is 217 Å². The maximum Gasteiger partial charge on any atom is 0.413 e. The van der Waals surface area contributed by atoms with E-state index in [-0.39, 0.29) is 29.5 Å². The molecule has 2 aliphatic heterocycles. The largest absolute Gasteiger partial charge is 0.433 e. The molecule has 2 aromatic carbocycles. The molecule has 198 valence electrons. The molecule has 1 aromatic heterocycles. The van der Waals surface area contributed by atoms with Crippen LogP contribution in [0.2, 0.25) is 0 Å². The van der Waals surface area contributed by atoms with E-state index in [1.807, 2.05) is 0 Å². The summed E-state index contributed by atoms with van der Waals surface area (Å²) in [5, 5.41) is 0. The summed E-state index contributed by atoms with van der Waals surface area (Å²) in [6, 6.07) is 12.2. The Morgan fingerprint density at radius 2 is 1.76 bits per heavy atom. The van der Waals surface area contributed by atoms with Gasteiger partial charge in [0.1, 0.15) is 5.75 Å². The minimum atomic E-state index is -4.86. The van der Waals surface area contributed by atoms with Gasteiger partial charge < -0.3 is 9.47 Å². The highest BCUT2D eigenvalue weighted by Gasteiger charge is 2.69. The van der Waals surface area contributed by atoms with Crippen LogP contribution in [0.4, 0.5) is 29.6 Å². The van der Waals surface area contributed by atoms with Crippen molar-refractivity contribution in [3.8, 4) is 5.75 Å². The maximum atomic E-state index is 14.9. The molecule has 2 atom stereocenters. The third-order valence-corrected chi connectivity index (χ3v) is 6.45. The number of hydrogen-bond donors (Lipinski definition) is 0. The standard InChI is InChI=1S/C27H25F3N4O4/c1-25(2,3)22(35)37-18-10-11-20-19(14-18)26(16-33(24(36)38-26)15-17-8-5-4-6-9-17)21(27(28,29)30)34(20)23-31-12-7-13-32-23/h4-14,21H,15-16H2,1-3H3. The van der Waals surface area contributed by atoms with Crippen molar-refractivity contribution in [3.63, 3.8) is 0 Å². The Morgan fingerprint density at radius 1 is 1.08 bits per heavy atom. The number of anilines is 2. The molecule has 0 radical (unpaired) electrons. The van der Waals surface area contributed by atoms with E-state index >= 15 is 0 Å². The normalized spacial score (nSPS) is 21.0. The highest BCUT2D eigenvalue weighted by Crippen LogP contribution is 2.56. The Morgan fingerprint density at radius 3 is 2.39 bits per heavy atom. The summed E-state index contributed by atoms with van der Waals surface area (Å²) in [6.45, 7) is 4.66. The van der Waals surface area contributed by atoms with E-state index < -0.39 is 41.8 Å². The number of esters is 1. The van der Waals surface area contributed by atoms with Gasteiger partial charge in [0.15, 0.2) is 11.6 Å². The second kappa shape index (κ2) is 9.00. The topological polar surface area (TPSA) is 84.9 Å². The number of fused-ring (bicyclic) bond motifs is 2.